The Morgan fingerprint density at radius 3 is 1.94 bits per heavy atom. The fraction of sp³-hybridized carbons (Fsp3) is 0.750. The van der Waals surface area contributed by atoms with E-state index in [4.69, 9.17) is 11.5 Å². The van der Waals surface area contributed by atoms with Gasteiger partial charge in [0.15, 0.2) is 0 Å². The number of rotatable bonds is 15. The van der Waals surface area contributed by atoms with Gasteiger partial charge in [-0.3, -0.25) is 19.2 Å². The van der Waals surface area contributed by atoms with Gasteiger partial charge in [-0.1, -0.05) is 34.1 Å². The van der Waals surface area contributed by atoms with Gasteiger partial charge >= 0.3 is 5.97 Å². The van der Waals surface area contributed by atoms with Gasteiger partial charge in [-0.2, -0.15) is 12.6 Å². The molecule has 0 aromatic rings. The van der Waals surface area contributed by atoms with E-state index in [0.717, 1.165) is 0 Å². The summed E-state index contributed by atoms with van der Waals surface area (Å²) in [6, 6.07) is -4.21. The van der Waals surface area contributed by atoms with Crippen molar-refractivity contribution in [1.29, 1.82) is 0 Å². The van der Waals surface area contributed by atoms with Crippen LogP contribution in [-0.4, -0.2) is 64.6 Å². The molecule has 184 valence electrons. The largest absolute Gasteiger partial charge is 0.480 e. The van der Waals surface area contributed by atoms with E-state index in [-0.39, 0.29) is 30.4 Å². The van der Waals surface area contributed by atoms with Gasteiger partial charge in [-0.15, -0.1) is 0 Å². The summed E-state index contributed by atoms with van der Waals surface area (Å²) in [6.07, 6.45) is 0.432. The van der Waals surface area contributed by atoms with Gasteiger partial charge < -0.3 is 32.5 Å². The van der Waals surface area contributed by atoms with Crippen molar-refractivity contribution in [3.8, 4) is 0 Å². The fourth-order valence-corrected chi connectivity index (χ4v) is 2.99. The third kappa shape index (κ3) is 10.8. The van der Waals surface area contributed by atoms with Crippen LogP contribution in [0, 0.1) is 11.8 Å². The summed E-state index contributed by atoms with van der Waals surface area (Å²) in [4.78, 5) is 60.4. The standard InChI is InChI=1S/C20H37N5O6S/c1-5-11(4)16(19(29)23-13(20(30)31)6-7-15(22)26)25-18(28)14(8-10(2)3)24-17(27)12(21)9-32/h10-14,16,32H,5-9,21H2,1-4H3,(H2,22,26)(H,23,29)(H,24,27)(H,25,28)(H,30,31). The third-order valence-corrected chi connectivity index (χ3v) is 5.35. The number of aliphatic carboxylic acids is 1. The molecule has 11 nitrogen and oxygen atoms in total. The van der Waals surface area contributed by atoms with E-state index in [2.05, 4.69) is 28.6 Å². The molecule has 0 aliphatic carbocycles. The highest BCUT2D eigenvalue weighted by molar-refractivity contribution is 7.80. The molecule has 0 aromatic heterocycles. The number of carboxylic acid groups (broad SMARTS) is 1. The Labute approximate surface area is 194 Å². The zero-order valence-electron chi connectivity index (χ0n) is 19.1. The SMILES string of the molecule is CCC(C)C(NC(=O)C(CC(C)C)NC(=O)C(N)CS)C(=O)NC(CCC(N)=O)C(=O)O. The van der Waals surface area contributed by atoms with E-state index in [1.807, 2.05) is 20.8 Å². The summed E-state index contributed by atoms with van der Waals surface area (Å²) in [5, 5.41) is 16.9. The van der Waals surface area contributed by atoms with Gasteiger partial charge in [-0.25, -0.2) is 4.79 Å². The van der Waals surface area contributed by atoms with Crippen LogP contribution in [0.4, 0.5) is 0 Å². The lowest BCUT2D eigenvalue weighted by Crippen LogP contribution is -2.59. The number of carbonyl (C=O) groups is 5. The molecule has 5 unspecified atom stereocenters. The molecule has 8 N–H and O–H groups in total. The zero-order chi connectivity index (χ0) is 25.0. The molecular weight excluding hydrogens is 438 g/mol. The Kier molecular flexibility index (Phi) is 13.6. The summed E-state index contributed by atoms with van der Waals surface area (Å²) in [5.41, 5.74) is 10.7. The zero-order valence-corrected chi connectivity index (χ0v) is 20.0. The van der Waals surface area contributed by atoms with Crippen LogP contribution in [-0.2, 0) is 24.0 Å². The molecule has 0 rings (SSSR count). The maximum atomic E-state index is 13.0. The highest BCUT2D eigenvalue weighted by Gasteiger charge is 2.33. The Hall–Kier alpha value is -2.34. The van der Waals surface area contributed by atoms with Crippen LogP contribution in [0.1, 0.15) is 53.4 Å². The van der Waals surface area contributed by atoms with Crippen molar-refractivity contribution < 1.29 is 29.1 Å². The van der Waals surface area contributed by atoms with Crippen LogP contribution >= 0.6 is 12.6 Å². The minimum absolute atomic E-state index is 0.0549. The molecule has 4 amide bonds. The van der Waals surface area contributed by atoms with Crippen molar-refractivity contribution in [2.24, 2.45) is 23.3 Å². The van der Waals surface area contributed by atoms with Gasteiger partial charge in [0.25, 0.3) is 0 Å². The molecular formula is C20H37N5O6S. The van der Waals surface area contributed by atoms with Crippen molar-refractivity contribution in [3.05, 3.63) is 0 Å². The smallest absolute Gasteiger partial charge is 0.326 e. The Morgan fingerprint density at radius 2 is 1.50 bits per heavy atom. The number of nitrogens with one attached hydrogen (secondary N) is 3. The first-order valence-electron chi connectivity index (χ1n) is 10.6. The first-order chi connectivity index (χ1) is 14.8. The molecule has 0 radical (unpaired) electrons. The van der Waals surface area contributed by atoms with Gasteiger partial charge in [0.05, 0.1) is 6.04 Å². The predicted molar refractivity (Wildman–Crippen MR) is 123 cm³/mol. The molecule has 0 saturated heterocycles. The summed E-state index contributed by atoms with van der Waals surface area (Å²) in [6.45, 7) is 7.30. The van der Waals surface area contributed by atoms with Crippen molar-refractivity contribution in [2.45, 2.75) is 77.5 Å². The number of amides is 4. The van der Waals surface area contributed by atoms with Gasteiger partial charge in [-0.05, 0) is 24.7 Å². The topological polar surface area (TPSA) is 194 Å². The maximum absolute atomic E-state index is 13.0. The lowest BCUT2D eigenvalue weighted by molar-refractivity contribution is -0.143. The van der Waals surface area contributed by atoms with Gasteiger partial charge in [0.1, 0.15) is 18.1 Å². The van der Waals surface area contributed by atoms with Crippen LogP contribution in [0.2, 0.25) is 0 Å². The first kappa shape index (κ1) is 29.7. The molecule has 0 aliphatic heterocycles. The highest BCUT2D eigenvalue weighted by Crippen LogP contribution is 2.12. The normalized spacial score (nSPS) is 15.7. The molecule has 5 atom stereocenters. The van der Waals surface area contributed by atoms with E-state index < -0.39 is 53.8 Å². The molecule has 32 heavy (non-hydrogen) atoms. The first-order valence-corrected chi connectivity index (χ1v) is 11.3. The lowest BCUT2D eigenvalue weighted by Gasteiger charge is -2.28. The Morgan fingerprint density at radius 1 is 0.938 bits per heavy atom. The Balaban J connectivity index is 5.52. The van der Waals surface area contributed by atoms with Crippen LogP contribution < -0.4 is 27.4 Å². The predicted octanol–water partition coefficient (Wildman–Crippen LogP) is -0.860. The summed E-state index contributed by atoms with van der Waals surface area (Å²) >= 11 is 3.98. The van der Waals surface area contributed by atoms with Crippen molar-refractivity contribution in [3.63, 3.8) is 0 Å². The average Bonchev–Trinajstić information content (AvgIpc) is 2.71. The highest BCUT2D eigenvalue weighted by atomic mass is 32.1. The van der Waals surface area contributed by atoms with E-state index in [1.165, 1.54) is 0 Å². The van der Waals surface area contributed by atoms with E-state index in [1.54, 1.807) is 6.92 Å². The number of hydrogen-bond donors (Lipinski definition) is 7. The van der Waals surface area contributed by atoms with E-state index in [9.17, 15) is 29.1 Å². The second-order valence-corrected chi connectivity index (χ2v) is 8.62. The third-order valence-electron chi connectivity index (χ3n) is 4.96. The molecule has 0 saturated carbocycles. The summed E-state index contributed by atoms with van der Waals surface area (Å²) in [7, 11) is 0. The minimum Gasteiger partial charge on any atom is -0.480 e. The van der Waals surface area contributed by atoms with Crippen LogP contribution in [0.3, 0.4) is 0 Å². The molecule has 0 aliphatic rings. The molecule has 0 spiro atoms. The second kappa shape index (κ2) is 14.7. The van der Waals surface area contributed by atoms with Crippen molar-refractivity contribution >= 4 is 42.2 Å². The van der Waals surface area contributed by atoms with E-state index >= 15 is 0 Å². The molecule has 0 heterocycles. The number of primary amides is 1. The number of carboxylic acids is 1. The molecule has 0 bridgehead atoms. The van der Waals surface area contributed by atoms with Crippen molar-refractivity contribution in [2.75, 3.05) is 5.75 Å². The van der Waals surface area contributed by atoms with Crippen LogP contribution in [0.5, 0.6) is 0 Å². The monoisotopic (exact) mass is 475 g/mol. The van der Waals surface area contributed by atoms with E-state index in [0.29, 0.717) is 12.8 Å². The average molecular weight is 476 g/mol. The van der Waals surface area contributed by atoms with Gasteiger partial charge in [0, 0.05) is 12.2 Å². The number of hydrogen-bond acceptors (Lipinski definition) is 7. The quantitative estimate of drug-likeness (QED) is 0.150. The number of thiol groups is 1. The van der Waals surface area contributed by atoms with Crippen molar-refractivity contribution in [1.82, 2.24) is 16.0 Å². The molecule has 0 aromatic carbocycles. The van der Waals surface area contributed by atoms with Gasteiger partial charge in [0.2, 0.25) is 23.6 Å². The lowest BCUT2D eigenvalue weighted by atomic mass is 9.96. The number of nitrogens with two attached hydrogens (primary N) is 2. The maximum Gasteiger partial charge on any atom is 0.326 e. The molecule has 12 heteroatoms. The minimum atomic E-state index is -1.34. The second-order valence-electron chi connectivity index (χ2n) is 8.26. The fourth-order valence-electron chi connectivity index (χ4n) is 2.83. The summed E-state index contributed by atoms with van der Waals surface area (Å²) in [5.74, 6) is -4.01. The summed E-state index contributed by atoms with van der Waals surface area (Å²) < 4.78 is 0. The van der Waals surface area contributed by atoms with Crippen LogP contribution in [0.15, 0.2) is 0 Å². The van der Waals surface area contributed by atoms with Crippen LogP contribution in [0.25, 0.3) is 0 Å². The number of carbonyl (C=O) groups excluding carboxylic acids is 4. The Bertz CT molecular complexity index is 675. The molecule has 0 fully saturated rings.